The number of carbonyl (C=O) groups is 1. The van der Waals surface area contributed by atoms with Gasteiger partial charge in [-0.1, -0.05) is 34.1 Å². The number of ketones is 1. The summed E-state index contributed by atoms with van der Waals surface area (Å²) >= 11 is 3.41. The predicted octanol–water partition coefficient (Wildman–Crippen LogP) is 3.80. The van der Waals surface area contributed by atoms with Crippen LogP contribution in [0.3, 0.4) is 0 Å². The molecule has 0 saturated carbocycles. The largest absolute Gasteiger partial charge is 0.295 e. The van der Waals surface area contributed by atoms with Gasteiger partial charge in [0.25, 0.3) is 0 Å². The Morgan fingerprint density at radius 3 is 2.50 bits per heavy atom. The molecule has 70 valence electrons. The molecule has 0 N–H and O–H groups in total. The van der Waals surface area contributed by atoms with Crippen molar-refractivity contribution in [1.29, 1.82) is 0 Å². The highest BCUT2D eigenvalue weighted by Crippen LogP contribution is 2.21. The standard InChI is InChI=1S/C12H9BrO/c1-8(14)10-3-2-9-4-5-12(13)7-11(9)6-10/h2-7H,1H3. The second kappa shape index (κ2) is 3.54. The zero-order valence-corrected chi connectivity index (χ0v) is 9.34. The van der Waals surface area contributed by atoms with Crippen molar-refractivity contribution >= 4 is 32.5 Å². The zero-order chi connectivity index (χ0) is 10.1. The molecule has 0 radical (unpaired) electrons. The van der Waals surface area contributed by atoms with E-state index in [4.69, 9.17) is 0 Å². The van der Waals surface area contributed by atoms with E-state index < -0.39 is 0 Å². The van der Waals surface area contributed by atoms with Crippen molar-refractivity contribution < 1.29 is 4.79 Å². The monoisotopic (exact) mass is 248 g/mol. The summed E-state index contributed by atoms with van der Waals surface area (Å²) in [6, 6.07) is 11.8. The Morgan fingerprint density at radius 1 is 1.07 bits per heavy atom. The van der Waals surface area contributed by atoms with E-state index >= 15 is 0 Å². The molecule has 2 aromatic rings. The van der Waals surface area contributed by atoms with Crippen LogP contribution in [0.5, 0.6) is 0 Å². The summed E-state index contributed by atoms with van der Waals surface area (Å²) in [4.78, 5) is 11.2. The first-order valence-corrected chi connectivity index (χ1v) is 5.16. The summed E-state index contributed by atoms with van der Waals surface area (Å²) in [5, 5.41) is 2.24. The van der Waals surface area contributed by atoms with Crippen LogP contribution in [-0.2, 0) is 0 Å². The van der Waals surface area contributed by atoms with E-state index in [0.29, 0.717) is 0 Å². The van der Waals surface area contributed by atoms with Crippen molar-refractivity contribution in [2.75, 3.05) is 0 Å². The van der Waals surface area contributed by atoms with E-state index in [1.165, 1.54) is 0 Å². The quantitative estimate of drug-likeness (QED) is 0.702. The minimum Gasteiger partial charge on any atom is -0.295 e. The minimum atomic E-state index is 0.104. The normalized spacial score (nSPS) is 10.4. The number of halogens is 1. The molecule has 0 unspecified atom stereocenters. The zero-order valence-electron chi connectivity index (χ0n) is 7.75. The summed E-state index contributed by atoms with van der Waals surface area (Å²) in [5.41, 5.74) is 0.760. The predicted molar refractivity (Wildman–Crippen MR) is 61.7 cm³/mol. The van der Waals surface area contributed by atoms with Gasteiger partial charge in [-0.05, 0) is 35.9 Å². The van der Waals surface area contributed by atoms with Crippen molar-refractivity contribution in [3.8, 4) is 0 Å². The maximum atomic E-state index is 11.2. The Hall–Kier alpha value is -1.15. The van der Waals surface area contributed by atoms with Gasteiger partial charge >= 0.3 is 0 Å². The van der Waals surface area contributed by atoms with E-state index in [-0.39, 0.29) is 5.78 Å². The number of carbonyl (C=O) groups excluding carboxylic acids is 1. The average Bonchev–Trinajstić information content (AvgIpc) is 2.16. The van der Waals surface area contributed by atoms with Crippen LogP contribution >= 0.6 is 15.9 Å². The first-order valence-electron chi connectivity index (χ1n) is 4.37. The molecule has 0 aliphatic rings. The summed E-state index contributed by atoms with van der Waals surface area (Å²) in [6.45, 7) is 1.58. The van der Waals surface area contributed by atoms with Crippen LogP contribution in [0.15, 0.2) is 40.9 Å². The highest BCUT2D eigenvalue weighted by atomic mass is 79.9. The van der Waals surface area contributed by atoms with Crippen molar-refractivity contribution in [3.05, 3.63) is 46.4 Å². The molecule has 0 amide bonds. The van der Waals surface area contributed by atoms with Gasteiger partial charge in [-0.2, -0.15) is 0 Å². The number of Topliss-reactive ketones (excluding diaryl/α,β-unsaturated/α-hetero) is 1. The Balaban J connectivity index is 2.69. The van der Waals surface area contributed by atoms with Crippen molar-refractivity contribution in [2.45, 2.75) is 6.92 Å². The fourth-order valence-electron chi connectivity index (χ4n) is 1.44. The van der Waals surface area contributed by atoms with Crippen LogP contribution in [0.1, 0.15) is 17.3 Å². The Kier molecular flexibility index (Phi) is 2.38. The van der Waals surface area contributed by atoms with E-state index in [1.807, 2.05) is 36.4 Å². The molecule has 0 bridgehead atoms. The molecule has 0 aliphatic carbocycles. The van der Waals surface area contributed by atoms with Gasteiger partial charge in [-0.3, -0.25) is 4.79 Å². The average molecular weight is 249 g/mol. The molecule has 0 saturated heterocycles. The fourth-order valence-corrected chi connectivity index (χ4v) is 1.82. The number of rotatable bonds is 1. The van der Waals surface area contributed by atoms with Crippen molar-refractivity contribution in [3.63, 3.8) is 0 Å². The number of hydrogen-bond acceptors (Lipinski definition) is 1. The van der Waals surface area contributed by atoms with Crippen LogP contribution in [0, 0.1) is 0 Å². The molecule has 0 fully saturated rings. The molecule has 0 heterocycles. The van der Waals surface area contributed by atoms with Crippen LogP contribution in [0.4, 0.5) is 0 Å². The molecule has 2 aromatic carbocycles. The summed E-state index contributed by atoms with van der Waals surface area (Å²) < 4.78 is 1.03. The van der Waals surface area contributed by atoms with Gasteiger partial charge in [0.05, 0.1) is 0 Å². The first kappa shape index (κ1) is 9.41. The number of benzene rings is 2. The SMILES string of the molecule is CC(=O)c1ccc2ccc(Br)cc2c1. The molecule has 0 spiro atoms. The topological polar surface area (TPSA) is 17.1 Å². The molecule has 0 aromatic heterocycles. The maximum Gasteiger partial charge on any atom is 0.159 e. The lowest BCUT2D eigenvalue weighted by Crippen LogP contribution is -1.90. The lowest BCUT2D eigenvalue weighted by molar-refractivity contribution is 0.101. The van der Waals surface area contributed by atoms with Crippen LogP contribution in [0.25, 0.3) is 10.8 Å². The second-order valence-electron chi connectivity index (χ2n) is 3.26. The Bertz CT molecular complexity index is 503. The lowest BCUT2D eigenvalue weighted by atomic mass is 10.1. The molecule has 2 rings (SSSR count). The van der Waals surface area contributed by atoms with E-state index in [0.717, 1.165) is 20.8 Å². The smallest absolute Gasteiger partial charge is 0.159 e. The molecule has 0 aliphatic heterocycles. The molecular weight excluding hydrogens is 240 g/mol. The van der Waals surface area contributed by atoms with Crippen molar-refractivity contribution in [2.24, 2.45) is 0 Å². The van der Waals surface area contributed by atoms with Crippen LogP contribution in [-0.4, -0.2) is 5.78 Å². The maximum absolute atomic E-state index is 11.2. The minimum absolute atomic E-state index is 0.104. The molecule has 1 nitrogen and oxygen atoms in total. The highest BCUT2D eigenvalue weighted by Gasteiger charge is 2.00. The third kappa shape index (κ3) is 1.70. The van der Waals surface area contributed by atoms with Gasteiger partial charge in [0, 0.05) is 10.0 Å². The Labute approximate surface area is 90.9 Å². The van der Waals surface area contributed by atoms with Gasteiger partial charge in [0.1, 0.15) is 0 Å². The van der Waals surface area contributed by atoms with Gasteiger partial charge < -0.3 is 0 Å². The fraction of sp³-hybridized carbons (Fsp3) is 0.0833. The molecule has 14 heavy (non-hydrogen) atoms. The van der Waals surface area contributed by atoms with E-state index in [9.17, 15) is 4.79 Å². The van der Waals surface area contributed by atoms with Crippen LogP contribution in [0.2, 0.25) is 0 Å². The lowest BCUT2D eigenvalue weighted by Gasteiger charge is -2.00. The first-order chi connectivity index (χ1) is 6.66. The molecule has 2 heteroatoms. The molecule has 0 atom stereocenters. The van der Waals surface area contributed by atoms with Gasteiger partial charge in [0.2, 0.25) is 0 Å². The number of fused-ring (bicyclic) bond motifs is 1. The molecular formula is C12H9BrO. The van der Waals surface area contributed by atoms with E-state index in [1.54, 1.807) is 6.92 Å². The van der Waals surface area contributed by atoms with Gasteiger partial charge in [0.15, 0.2) is 5.78 Å². The van der Waals surface area contributed by atoms with Gasteiger partial charge in [-0.25, -0.2) is 0 Å². The highest BCUT2D eigenvalue weighted by molar-refractivity contribution is 9.10. The summed E-state index contributed by atoms with van der Waals surface area (Å²) in [7, 11) is 0. The second-order valence-corrected chi connectivity index (χ2v) is 4.18. The summed E-state index contributed by atoms with van der Waals surface area (Å²) in [5.74, 6) is 0.104. The Morgan fingerprint density at radius 2 is 1.79 bits per heavy atom. The number of hydrogen-bond donors (Lipinski definition) is 0. The van der Waals surface area contributed by atoms with Crippen molar-refractivity contribution in [1.82, 2.24) is 0 Å². The summed E-state index contributed by atoms with van der Waals surface area (Å²) in [6.07, 6.45) is 0. The van der Waals surface area contributed by atoms with Crippen LogP contribution < -0.4 is 0 Å². The third-order valence-electron chi connectivity index (χ3n) is 2.21. The third-order valence-corrected chi connectivity index (χ3v) is 2.70. The van der Waals surface area contributed by atoms with E-state index in [2.05, 4.69) is 15.9 Å². The van der Waals surface area contributed by atoms with Gasteiger partial charge in [-0.15, -0.1) is 0 Å².